The maximum absolute atomic E-state index is 13.9. The number of carbonyl (C=O) groups excluding carboxylic acids is 1. The first kappa shape index (κ1) is 23.0. The fourth-order valence-electron chi connectivity index (χ4n) is 2.61. The third-order valence-electron chi connectivity index (χ3n) is 4.44. The molecule has 3 aromatic rings. The molecule has 0 unspecified atom stereocenters. The molecule has 0 saturated carbocycles. The summed E-state index contributed by atoms with van der Waals surface area (Å²) >= 11 is 5.70. The summed E-state index contributed by atoms with van der Waals surface area (Å²) in [6.45, 7) is 4.09. The number of hydrazone groups is 1. The highest BCUT2D eigenvalue weighted by Gasteiger charge is 2.13. The number of amides is 1. The minimum absolute atomic E-state index is 0.0601. The van der Waals surface area contributed by atoms with E-state index in [0.717, 1.165) is 17.4 Å². The lowest BCUT2D eigenvalue weighted by Crippen LogP contribution is -2.25. The quantitative estimate of drug-likeness (QED) is 0.298. The molecule has 8 nitrogen and oxygen atoms in total. The van der Waals surface area contributed by atoms with Gasteiger partial charge < -0.3 is 14.8 Å². The second kappa shape index (κ2) is 10.5. The Bertz CT molecular complexity index is 1160. The zero-order chi connectivity index (χ0) is 23.1. The fraction of sp³-hybridized carbons (Fsp3) is 0.182. The second-order valence-corrected chi connectivity index (χ2v) is 7.09. The summed E-state index contributed by atoms with van der Waals surface area (Å²) in [5.74, 6) is -0.907. The van der Waals surface area contributed by atoms with Gasteiger partial charge in [-0.15, -0.1) is 0 Å². The maximum Gasteiger partial charge on any atom is 0.260 e. The molecule has 0 aliphatic heterocycles. The van der Waals surface area contributed by atoms with Crippen molar-refractivity contribution >= 4 is 29.4 Å². The van der Waals surface area contributed by atoms with E-state index in [1.807, 2.05) is 32.0 Å². The number of aryl methyl sites for hydroxylation is 2. The number of methoxy groups -OCH3 is 1. The number of benzene rings is 2. The van der Waals surface area contributed by atoms with E-state index in [9.17, 15) is 9.18 Å². The maximum atomic E-state index is 13.9. The lowest BCUT2D eigenvalue weighted by Gasteiger charge is -2.11. The SMILES string of the molecule is COc1ccc(/C=N/NC(=O)CNc2ccc(C)c(C)c2)cc1Oc1nc(Cl)ncc1F. The van der Waals surface area contributed by atoms with Crippen LogP contribution >= 0.6 is 11.6 Å². The minimum atomic E-state index is -0.779. The van der Waals surface area contributed by atoms with Gasteiger partial charge in [-0.05, 0) is 72.5 Å². The number of nitrogens with zero attached hydrogens (tertiary/aromatic N) is 3. The summed E-state index contributed by atoms with van der Waals surface area (Å²) in [5.41, 5.74) is 6.17. The van der Waals surface area contributed by atoms with Crippen molar-refractivity contribution in [2.24, 2.45) is 5.10 Å². The van der Waals surface area contributed by atoms with Gasteiger partial charge in [0, 0.05) is 5.69 Å². The van der Waals surface area contributed by atoms with E-state index in [-0.39, 0.29) is 29.4 Å². The van der Waals surface area contributed by atoms with E-state index in [4.69, 9.17) is 21.1 Å². The molecule has 2 aromatic carbocycles. The number of nitrogens with one attached hydrogen (secondary N) is 2. The zero-order valence-electron chi connectivity index (χ0n) is 17.6. The minimum Gasteiger partial charge on any atom is -0.493 e. The fourth-order valence-corrected chi connectivity index (χ4v) is 2.74. The van der Waals surface area contributed by atoms with E-state index in [2.05, 4.69) is 25.8 Å². The summed E-state index contributed by atoms with van der Waals surface area (Å²) in [4.78, 5) is 19.3. The Morgan fingerprint density at radius 1 is 1.19 bits per heavy atom. The molecule has 166 valence electrons. The van der Waals surface area contributed by atoms with Crippen molar-refractivity contribution in [1.82, 2.24) is 15.4 Å². The lowest BCUT2D eigenvalue weighted by molar-refractivity contribution is -0.119. The van der Waals surface area contributed by atoms with E-state index >= 15 is 0 Å². The molecule has 3 rings (SSSR count). The number of ether oxygens (including phenoxy) is 2. The van der Waals surface area contributed by atoms with Gasteiger partial charge in [0.05, 0.1) is 26.1 Å². The standard InChI is InChI=1S/C22H21ClFN5O3/c1-13-4-6-16(8-14(13)2)25-12-20(30)29-27-10-15-5-7-18(31-3)19(9-15)32-21-17(24)11-26-22(23)28-21/h4-11,25H,12H2,1-3H3,(H,29,30)/b27-10+. The van der Waals surface area contributed by atoms with Crippen molar-refractivity contribution in [3.05, 3.63) is 70.4 Å². The van der Waals surface area contributed by atoms with Crippen LogP contribution in [0.3, 0.4) is 0 Å². The van der Waals surface area contributed by atoms with Gasteiger partial charge in [-0.1, -0.05) is 6.07 Å². The van der Waals surface area contributed by atoms with Crippen molar-refractivity contribution < 1.29 is 18.7 Å². The van der Waals surface area contributed by atoms with Crippen molar-refractivity contribution in [3.8, 4) is 17.4 Å². The van der Waals surface area contributed by atoms with Crippen molar-refractivity contribution in [3.63, 3.8) is 0 Å². The van der Waals surface area contributed by atoms with Crippen LogP contribution in [0.4, 0.5) is 10.1 Å². The number of carbonyl (C=O) groups is 1. The number of hydrogen-bond acceptors (Lipinski definition) is 7. The first-order valence-electron chi connectivity index (χ1n) is 9.52. The molecule has 0 fully saturated rings. The Morgan fingerprint density at radius 3 is 2.75 bits per heavy atom. The average molecular weight is 458 g/mol. The molecule has 10 heteroatoms. The largest absolute Gasteiger partial charge is 0.493 e. The molecule has 0 atom stereocenters. The average Bonchev–Trinajstić information content (AvgIpc) is 2.77. The van der Waals surface area contributed by atoms with Gasteiger partial charge in [0.25, 0.3) is 11.8 Å². The first-order chi connectivity index (χ1) is 15.4. The highest BCUT2D eigenvalue weighted by Crippen LogP contribution is 2.32. The van der Waals surface area contributed by atoms with Gasteiger partial charge in [0.15, 0.2) is 11.5 Å². The Morgan fingerprint density at radius 2 is 2.00 bits per heavy atom. The molecule has 0 bridgehead atoms. The first-order valence-corrected chi connectivity index (χ1v) is 9.90. The van der Waals surface area contributed by atoms with Gasteiger partial charge >= 0.3 is 0 Å². The summed E-state index contributed by atoms with van der Waals surface area (Å²) in [7, 11) is 1.45. The van der Waals surface area contributed by atoms with Crippen LogP contribution in [0.25, 0.3) is 0 Å². The molecular weight excluding hydrogens is 437 g/mol. The Kier molecular flexibility index (Phi) is 7.56. The topological polar surface area (TPSA) is 97.7 Å². The molecule has 2 N–H and O–H groups in total. The molecule has 1 amide bonds. The Labute approximate surface area is 189 Å². The molecule has 1 heterocycles. The van der Waals surface area contributed by atoms with E-state index in [1.54, 1.807) is 18.2 Å². The van der Waals surface area contributed by atoms with E-state index < -0.39 is 5.82 Å². The predicted molar refractivity (Wildman–Crippen MR) is 120 cm³/mol. The van der Waals surface area contributed by atoms with Gasteiger partial charge in [-0.3, -0.25) is 4.79 Å². The molecule has 0 aliphatic rings. The summed E-state index contributed by atoms with van der Waals surface area (Å²) in [5, 5.41) is 6.82. The number of aromatic nitrogens is 2. The summed E-state index contributed by atoms with van der Waals surface area (Å²) < 4.78 is 24.6. The third kappa shape index (κ3) is 6.14. The molecule has 0 saturated heterocycles. The summed E-state index contributed by atoms with van der Waals surface area (Å²) in [6.07, 6.45) is 2.33. The molecule has 32 heavy (non-hydrogen) atoms. The highest BCUT2D eigenvalue weighted by molar-refractivity contribution is 6.28. The zero-order valence-corrected chi connectivity index (χ0v) is 18.4. The van der Waals surface area contributed by atoms with Crippen molar-refractivity contribution in [2.45, 2.75) is 13.8 Å². The van der Waals surface area contributed by atoms with Crippen LogP contribution in [0, 0.1) is 19.7 Å². The van der Waals surface area contributed by atoms with Gasteiger partial charge in [-0.2, -0.15) is 14.5 Å². The van der Waals surface area contributed by atoms with Crippen LogP contribution in [0.15, 0.2) is 47.7 Å². The molecule has 0 spiro atoms. The third-order valence-corrected chi connectivity index (χ3v) is 4.62. The highest BCUT2D eigenvalue weighted by atomic mass is 35.5. The van der Waals surface area contributed by atoms with Crippen LogP contribution in [0.5, 0.6) is 17.4 Å². The van der Waals surface area contributed by atoms with Crippen LogP contribution in [-0.4, -0.2) is 35.7 Å². The van der Waals surface area contributed by atoms with Gasteiger partial charge in [0.2, 0.25) is 11.1 Å². The van der Waals surface area contributed by atoms with Gasteiger partial charge in [-0.25, -0.2) is 10.4 Å². The monoisotopic (exact) mass is 457 g/mol. The van der Waals surface area contributed by atoms with Crippen LogP contribution in [-0.2, 0) is 4.79 Å². The number of halogens is 2. The van der Waals surface area contributed by atoms with E-state index in [0.29, 0.717) is 11.3 Å². The smallest absolute Gasteiger partial charge is 0.260 e. The predicted octanol–water partition coefficient (Wildman–Crippen LogP) is 4.25. The molecule has 0 aliphatic carbocycles. The number of rotatable bonds is 8. The van der Waals surface area contributed by atoms with Crippen molar-refractivity contribution in [1.29, 1.82) is 0 Å². The van der Waals surface area contributed by atoms with Crippen molar-refractivity contribution in [2.75, 3.05) is 19.0 Å². The number of anilines is 1. The van der Waals surface area contributed by atoms with Crippen LogP contribution in [0.1, 0.15) is 16.7 Å². The van der Waals surface area contributed by atoms with E-state index in [1.165, 1.54) is 18.9 Å². The second-order valence-electron chi connectivity index (χ2n) is 6.75. The number of hydrogen-bond donors (Lipinski definition) is 2. The Balaban J connectivity index is 1.62. The molecule has 1 aromatic heterocycles. The lowest BCUT2D eigenvalue weighted by atomic mass is 10.1. The van der Waals surface area contributed by atoms with Gasteiger partial charge in [0.1, 0.15) is 0 Å². The molecular formula is C22H21ClFN5O3. The normalized spacial score (nSPS) is 10.8. The van der Waals surface area contributed by atoms with Crippen LogP contribution in [0.2, 0.25) is 5.28 Å². The Hall–Kier alpha value is -3.72. The summed E-state index contributed by atoms with van der Waals surface area (Å²) in [6, 6.07) is 10.7. The van der Waals surface area contributed by atoms with Crippen LogP contribution < -0.4 is 20.2 Å². The molecule has 0 radical (unpaired) electrons.